The average molecular weight is 471 g/mol. The maximum Gasteiger partial charge on any atom is 0.262 e. The summed E-state index contributed by atoms with van der Waals surface area (Å²) >= 11 is 3.31. The highest BCUT2D eigenvalue weighted by molar-refractivity contribution is 9.10. The largest absolute Gasteiger partial charge is 0.483 e. The van der Waals surface area contributed by atoms with Crippen LogP contribution < -0.4 is 10.1 Å². The average Bonchev–Trinajstić information content (AvgIpc) is 2.67. The maximum absolute atomic E-state index is 12.6. The maximum atomic E-state index is 12.6. The van der Waals surface area contributed by atoms with Crippen LogP contribution in [0.1, 0.15) is 19.4 Å². The van der Waals surface area contributed by atoms with E-state index in [0.29, 0.717) is 30.1 Å². The van der Waals surface area contributed by atoms with Gasteiger partial charge in [-0.2, -0.15) is 4.31 Å². The standard InChI is InChI=1S/C19H23BrN2O5S/c1-3-22(4-2)28(25,26)17-7-5-6-16(11-17)21-19(24)13-27-18-9-8-15(20)10-14(18)12-23/h5-11,23H,3-4,12-13H2,1-2H3,(H,21,24). The number of halogens is 1. The van der Waals surface area contributed by atoms with E-state index in [1.807, 2.05) is 0 Å². The zero-order valence-electron chi connectivity index (χ0n) is 15.7. The van der Waals surface area contributed by atoms with Gasteiger partial charge in [-0.05, 0) is 36.4 Å². The lowest BCUT2D eigenvalue weighted by atomic mass is 10.2. The fourth-order valence-electron chi connectivity index (χ4n) is 2.60. The van der Waals surface area contributed by atoms with Crippen LogP contribution in [-0.2, 0) is 21.4 Å². The number of rotatable bonds is 9. The summed E-state index contributed by atoms with van der Waals surface area (Å²) < 4.78 is 32.8. The molecular formula is C19H23BrN2O5S. The van der Waals surface area contributed by atoms with Gasteiger partial charge in [0.05, 0.1) is 11.5 Å². The summed E-state index contributed by atoms with van der Waals surface area (Å²) in [5.74, 6) is -0.0390. The van der Waals surface area contributed by atoms with Gasteiger partial charge in [0.1, 0.15) is 5.75 Å². The Balaban J connectivity index is 2.07. The summed E-state index contributed by atoms with van der Waals surface area (Å²) in [7, 11) is -3.61. The summed E-state index contributed by atoms with van der Waals surface area (Å²) in [5, 5.41) is 12.0. The molecule has 0 atom stereocenters. The van der Waals surface area contributed by atoms with Crippen molar-refractivity contribution in [3.8, 4) is 5.75 Å². The molecule has 152 valence electrons. The van der Waals surface area contributed by atoms with E-state index >= 15 is 0 Å². The second-order valence-electron chi connectivity index (χ2n) is 5.86. The van der Waals surface area contributed by atoms with Crippen LogP contribution in [0.3, 0.4) is 0 Å². The number of hydrogen-bond donors (Lipinski definition) is 2. The van der Waals surface area contributed by atoms with Crippen LogP contribution in [0.4, 0.5) is 5.69 Å². The Kier molecular flexibility index (Phi) is 7.99. The first-order chi connectivity index (χ1) is 13.3. The number of sulfonamides is 1. The van der Waals surface area contributed by atoms with Crippen molar-refractivity contribution in [2.45, 2.75) is 25.3 Å². The highest BCUT2D eigenvalue weighted by Crippen LogP contribution is 2.23. The fraction of sp³-hybridized carbons (Fsp3) is 0.316. The number of hydrogen-bond acceptors (Lipinski definition) is 5. The van der Waals surface area contributed by atoms with E-state index in [1.54, 1.807) is 44.2 Å². The van der Waals surface area contributed by atoms with E-state index in [2.05, 4.69) is 21.2 Å². The van der Waals surface area contributed by atoms with E-state index in [-0.39, 0.29) is 18.1 Å². The number of anilines is 1. The van der Waals surface area contributed by atoms with Crippen molar-refractivity contribution in [3.63, 3.8) is 0 Å². The van der Waals surface area contributed by atoms with Gasteiger partial charge in [0, 0.05) is 28.8 Å². The van der Waals surface area contributed by atoms with Gasteiger partial charge >= 0.3 is 0 Å². The first kappa shape index (κ1) is 22.4. The first-order valence-electron chi connectivity index (χ1n) is 8.74. The van der Waals surface area contributed by atoms with Crippen molar-refractivity contribution in [2.75, 3.05) is 25.0 Å². The molecule has 0 spiro atoms. The van der Waals surface area contributed by atoms with Crippen LogP contribution in [0, 0.1) is 0 Å². The van der Waals surface area contributed by atoms with Crippen molar-refractivity contribution in [1.82, 2.24) is 4.31 Å². The van der Waals surface area contributed by atoms with Gasteiger partial charge in [-0.3, -0.25) is 4.79 Å². The minimum atomic E-state index is -3.61. The number of aliphatic hydroxyl groups excluding tert-OH is 1. The highest BCUT2D eigenvalue weighted by Gasteiger charge is 2.21. The molecule has 7 nitrogen and oxygen atoms in total. The molecule has 0 radical (unpaired) electrons. The summed E-state index contributed by atoms with van der Waals surface area (Å²) in [6.07, 6.45) is 0. The fourth-order valence-corrected chi connectivity index (χ4v) is 4.51. The Hall–Kier alpha value is -1.94. The Bertz CT molecular complexity index is 930. The third-order valence-electron chi connectivity index (χ3n) is 4.01. The highest BCUT2D eigenvalue weighted by atomic mass is 79.9. The lowest BCUT2D eigenvalue weighted by Gasteiger charge is -2.19. The molecular weight excluding hydrogens is 448 g/mol. The predicted molar refractivity (Wildman–Crippen MR) is 111 cm³/mol. The van der Waals surface area contributed by atoms with Crippen LogP contribution in [-0.4, -0.2) is 43.4 Å². The van der Waals surface area contributed by atoms with Crippen LogP contribution >= 0.6 is 15.9 Å². The van der Waals surface area contributed by atoms with Crippen molar-refractivity contribution in [1.29, 1.82) is 0 Å². The number of nitrogens with zero attached hydrogens (tertiary/aromatic N) is 1. The normalized spacial score (nSPS) is 11.5. The monoisotopic (exact) mass is 470 g/mol. The van der Waals surface area contributed by atoms with E-state index < -0.39 is 15.9 Å². The summed E-state index contributed by atoms with van der Waals surface area (Å²) in [4.78, 5) is 12.3. The molecule has 0 unspecified atom stereocenters. The van der Waals surface area contributed by atoms with Gasteiger partial charge in [-0.15, -0.1) is 0 Å². The zero-order valence-corrected chi connectivity index (χ0v) is 18.1. The number of nitrogens with one attached hydrogen (secondary N) is 1. The lowest BCUT2D eigenvalue weighted by molar-refractivity contribution is -0.118. The topological polar surface area (TPSA) is 95.9 Å². The quantitative estimate of drug-likeness (QED) is 0.587. The molecule has 0 fully saturated rings. The molecule has 2 aromatic rings. The molecule has 0 aliphatic heterocycles. The first-order valence-corrected chi connectivity index (χ1v) is 11.0. The van der Waals surface area contributed by atoms with Gasteiger partial charge in [-0.1, -0.05) is 35.8 Å². The zero-order chi connectivity index (χ0) is 20.7. The number of carbonyl (C=O) groups excluding carboxylic acids is 1. The van der Waals surface area contributed by atoms with Gasteiger partial charge in [0.2, 0.25) is 10.0 Å². The Morgan fingerprint density at radius 3 is 2.54 bits per heavy atom. The van der Waals surface area contributed by atoms with Crippen LogP contribution in [0.2, 0.25) is 0 Å². The van der Waals surface area contributed by atoms with Gasteiger partial charge < -0.3 is 15.2 Å². The van der Waals surface area contributed by atoms with Crippen molar-refractivity contribution in [2.24, 2.45) is 0 Å². The molecule has 9 heteroatoms. The van der Waals surface area contributed by atoms with Crippen molar-refractivity contribution >= 4 is 37.5 Å². The van der Waals surface area contributed by atoms with Gasteiger partial charge in [-0.25, -0.2) is 8.42 Å². The lowest BCUT2D eigenvalue weighted by Crippen LogP contribution is -2.30. The smallest absolute Gasteiger partial charge is 0.262 e. The van der Waals surface area contributed by atoms with Crippen molar-refractivity contribution in [3.05, 3.63) is 52.5 Å². The molecule has 28 heavy (non-hydrogen) atoms. The third kappa shape index (κ3) is 5.54. The summed E-state index contributed by atoms with van der Waals surface area (Å²) in [5.41, 5.74) is 0.912. The van der Waals surface area contributed by atoms with Crippen molar-refractivity contribution < 1.29 is 23.1 Å². The molecule has 0 bridgehead atoms. The van der Waals surface area contributed by atoms with E-state index in [1.165, 1.54) is 16.4 Å². The number of ether oxygens (including phenoxy) is 1. The molecule has 0 saturated carbocycles. The van der Waals surface area contributed by atoms with Crippen LogP contribution in [0.25, 0.3) is 0 Å². The number of aliphatic hydroxyl groups is 1. The molecule has 2 rings (SSSR count). The summed E-state index contributed by atoms with van der Waals surface area (Å²) in [6.45, 7) is 3.77. The molecule has 2 N–H and O–H groups in total. The van der Waals surface area contributed by atoms with Gasteiger partial charge in [0.15, 0.2) is 6.61 Å². The molecule has 0 aromatic heterocycles. The Labute approximate surface area is 173 Å². The Morgan fingerprint density at radius 1 is 1.18 bits per heavy atom. The molecule has 2 aromatic carbocycles. The second-order valence-corrected chi connectivity index (χ2v) is 8.72. The molecule has 0 heterocycles. The number of benzene rings is 2. The summed E-state index contributed by atoms with van der Waals surface area (Å²) in [6, 6.07) is 11.2. The van der Waals surface area contributed by atoms with Crippen LogP contribution in [0.5, 0.6) is 5.75 Å². The third-order valence-corrected chi connectivity index (χ3v) is 6.55. The SMILES string of the molecule is CCN(CC)S(=O)(=O)c1cccc(NC(=O)COc2ccc(Br)cc2CO)c1. The van der Waals surface area contributed by atoms with E-state index in [9.17, 15) is 18.3 Å². The van der Waals surface area contributed by atoms with Gasteiger partial charge in [0.25, 0.3) is 5.91 Å². The van der Waals surface area contributed by atoms with E-state index in [4.69, 9.17) is 4.74 Å². The second kappa shape index (κ2) is 10.0. The molecule has 0 aliphatic rings. The predicted octanol–water partition coefficient (Wildman–Crippen LogP) is 2.99. The number of carbonyl (C=O) groups is 1. The van der Waals surface area contributed by atoms with Crippen LogP contribution in [0.15, 0.2) is 51.8 Å². The molecule has 0 aliphatic carbocycles. The minimum absolute atomic E-state index is 0.116. The molecule has 1 amide bonds. The number of amides is 1. The minimum Gasteiger partial charge on any atom is -0.483 e. The molecule has 0 saturated heterocycles. The Morgan fingerprint density at radius 2 is 1.89 bits per heavy atom. The van der Waals surface area contributed by atoms with E-state index in [0.717, 1.165) is 4.47 Å².